The molecule has 2 N–H and O–H groups in total. The van der Waals surface area contributed by atoms with Crippen molar-refractivity contribution in [3.8, 4) is 23.0 Å². The van der Waals surface area contributed by atoms with Crippen LogP contribution in [0.15, 0.2) is 30.3 Å². The Kier molecular flexibility index (Phi) is 9.24. The van der Waals surface area contributed by atoms with E-state index in [2.05, 4.69) is 0 Å². The fourth-order valence-corrected chi connectivity index (χ4v) is 6.25. The van der Waals surface area contributed by atoms with Gasteiger partial charge in [0.25, 0.3) is 0 Å². The molecular weight excluding hydrogens is 602 g/mol. The maximum atomic E-state index is 12.7. The molecule has 2 aromatic carbocycles. The molecular formula is C33H37NO10S. The molecule has 3 aromatic rings. The van der Waals surface area contributed by atoms with Crippen LogP contribution in [0.4, 0.5) is 0 Å². The van der Waals surface area contributed by atoms with Gasteiger partial charge in [-0.1, -0.05) is 13.8 Å². The first-order valence-corrected chi connectivity index (χ1v) is 15.6. The number of rotatable bonds is 15. The maximum Gasteiger partial charge on any atom is 0.306 e. The van der Waals surface area contributed by atoms with Crippen LogP contribution in [0.1, 0.15) is 60.3 Å². The van der Waals surface area contributed by atoms with Crippen LogP contribution in [0.5, 0.6) is 23.0 Å². The molecule has 2 atom stereocenters. The second kappa shape index (κ2) is 13.0. The lowest BCUT2D eigenvalue weighted by atomic mass is 10.0. The van der Waals surface area contributed by atoms with Crippen molar-refractivity contribution in [2.45, 2.75) is 52.6 Å². The molecule has 2 aliphatic rings. The van der Waals surface area contributed by atoms with Crippen LogP contribution in [0, 0.1) is 17.3 Å². The number of thiophene rings is 1. The first kappa shape index (κ1) is 32.1. The van der Waals surface area contributed by atoms with Crippen LogP contribution in [0.2, 0.25) is 0 Å². The van der Waals surface area contributed by atoms with Crippen molar-refractivity contribution in [3.05, 3.63) is 46.3 Å². The van der Waals surface area contributed by atoms with Gasteiger partial charge in [-0.25, -0.2) is 0 Å². The summed E-state index contributed by atoms with van der Waals surface area (Å²) in [6.45, 7) is 4.60. The molecule has 0 radical (unpaired) electrons. The number of ketones is 1. The largest absolute Gasteiger partial charge is 0.493 e. The number of Topliss-reactive ketones (excluding diaryl/α,β-unsaturated/α-hetero) is 1. The summed E-state index contributed by atoms with van der Waals surface area (Å²) in [5.74, 6) is -1.71. The summed E-state index contributed by atoms with van der Waals surface area (Å²) in [6.07, 6.45) is 1.70. The van der Waals surface area contributed by atoms with E-state index in [1.54, 1.807) is 25.2 Å². The molecule has 0 spiro atoms. The third-order valence-corrected chi connectivity index (χ3v) is 9.62. The van der Waals surface area contributed by atoms with Gasteiger partial charge in [0.1, 0.15) is 0 Å². The predicted molar refractivity (Wildman–Crippen MR) is 165 cm³/mol. The highest BCUT2D eigenvalue weighted by Gasteiger charge is 2.45. The SMILES string of the molecule is COc1cc2c(cc1OCC1(COc3cc4cc(C(=O)CC(C)C(=O)O)sc4cc3OC)CC1)CN(C(=O)CC(C)C(=O)O)C2. The second-order valence-electron chi connectivity index (χ2n) is 12.1. The summed E-state index contributed by atoms with van der Waals surface area (Å²) < 4.78 is 24.5. The Morgan fingerprint density at radius 1 is 0.800 bits per heavy atom. The molecule has 2 heterocycles. The lowest BCUT2D eigenvalue weighted by molar-refractivity contribution is -0.145. The minimum absolute atomic E-state index is 0.0537. The molecule has 12 heteroatoms. The molecule has 5 rings (SSSR count). The van der Waals surface area contributed by atoms with Crippen LogP contribution in [-0.2, 0) is 27.5 Å². The Balaban J connectivity index is 1.23. The van der Waals surface area contributed by atoms with Gasteiger partial charge in [-0.05, 0) is 53.6 Å². The van der Waals surface area contributed by atoms with Gasteiger partial charge in [0.2, 0.25) is 5.91 Å². The highest BCUT2D eigenvalue weighted by Crippen LogP contribution is 2.48. The van der Waals surface area contributed by atoms with Crippen LogP contribution < -0.4 is 18.9 Å². The number of carbonyl (C=O) groups excluding carboxylic acids is 2. The zero-order valence-corrected chi connectivity index (χ0v) is 26.5. The van der Waals surface area contributed by atoms with E-state index in [0.717, 1.165) is 34.1 Å². The van der Waals surface area contributed by atoms with Gasteiger partial charge in [-0.2, -0.15) is 0 Å². The number of nitrogens with zero attached hydrogens (tertiary/aromatic N) is 1. The monoisotopic (exact) mass is 639 g/mol. The van der Waals surface area contributed by atoms with Gasteiger partial charge >= 0.3 is 11.9 Å². The normalized spacial score (nSPS) is 16.0. The minimum Gasteiger partial charge on any atom is -0.493 e. The van der Waals surface area contributed by atoms with Crippen molar-refractivity contribution in [2.75, 3.05) is 27.4 Å². The molecule has 1 aliphatic heterocycles. The highest BCUT2D eigenvalue weighted by atomic mass is 32.1. The van der Waals surface area contributed by atoms with Crippen molar-refractivity contribution in [3.63, 3.8) is 0 Å². The third-order valence-electron chi connectivity index (χ3n) is 8.48. The number of carboxylic acids is 2. The van der Waals surface area contributed by atoms with E-state index in [0.29, 0.717) is 54.2 Å². The topological polar surface area (TPSA) is 149 Å². The molecule has 45 heavy (non-hydrogen) atoms. The number of aliphatic carboxylic acids is 2. The predicted octanol–water partition coefficient (Wildman–Crippen LogP) is 5.40. The standard InChI is InChI=1S/C33H37NO10S/c1-18(31(37)38)7-23(35)29-12-20-9-26(25(42-4)13-28(20)45-29)43-16-33(5-6-33)17-44-27-11-22-15-34(14-21(22)10-24(27)41-3)30(36)8-19(2)32(39)40/h9-13,18-19H,5-8,14-17H2,1-4H3,(H,37,38)(H,39,40). The van der Waals surface area contributed by atoms with Gasteiger partial charge in [0, 0.05) is 42.1 Å². The number of fused-ring (bicyclic) bond motifs is 2. The number of carbonyl (C=O) groups is 4. The average Bonchev–Trinajstić information content (AvgIpc) is 3.45. The minimum atomic E-state index is -1.00. The second-order valence-corrected chi connectivity index (χ2v) is 13.1. The summed E-state index contributed by atoms with van der Waals surface area (Å²) in [6, 6.07) is 9.20. The number of amides is 1. The number of carboxylic acid groups (broad SMARTS) is 2. The Hall–Kier alpha value is -4.32. The fourth-order valence-electron chi connectivity index (χ4n) is 5.22. The van der Waals surface area contributed by atoms with Crippen molar-refractivity contribution >= 4 is 45.1 Å². The van der Waals surface area contributed by atoms with Crippen molar-refractivity contribution in [1.29, 1.82) is 0 Å². The van der Waals surface area contributed by atoms with Gasteiger partial charge in [0.15, 0.2) is 28.8 Å². The molecule has 2 unspecified atom stereocenters. The summed E-state index contributed by atoms with van der Waals surface area (Å²) >= 11 is 1.30. The van der Waals surface area contributed by atoms with E-state index in [1.807, 2.05) is 24.3 Å². The van der Waals surface area contributed by atoms with Crippen molar-refractivity contribution < 1.29 is 48.3 Å². The number of hydrogen-bond acceptors (Lipinski definition) is 9. The van der Waals surface area contributed by atoms with E-state index in [1.165, 1.54) is 25.2 Å². The van der Waals surface area contributed by atoms with Crippen molar-refractivity contribution in [2.24, 2.45) is 17.3 Å². The molecule has 1 fully saturated rings. The molecule has 1 amide bonds. The van der Waals surface area contributed by atoms with E-state index < -0.39 is 23.8 Å². The van der Waals surface area contributed by atoms with E-state index in [4.69, 9.17) is 29.2 Å². The Bertz CT molecular complexity index is 1640. The van der Waals surface area contributed by atoms with Crippen LogP contribution in [0.3, 0.4) is 0 Å². The average molecular weight is 640 g/mol. The molecule has 1 saturated carbocycles. The summed E-state index contributed by atoms with van der Waals surface area (Å²) in [4.78, 5) is 49.9. The first-order chi connectivity index (χ1) is 21.4. The Labute approximate surface area is 264 Å². The van der Waals surface area contributed by atoms with E-state index in [9.17, 15) is 19.2 Å². The van der Waals surface area contributed by atoms with Gasteiger partial charge in [-0.3, -0.25) is 19.2 Å². The number of benzene rings is 2. The maximum absolute atomic E-state index is 12.7. The quantitative estimate of drug-likeness (QED) is 0.207. The highest BCUT2D eigenvalue weighted by molar-refractivity contribution is 7.20. The van der Waals surface area contributed by atoms with E-state index in [-0.39, 0.29) is 29.9 Å². The molecule has 0 saturated heterocycles. The number of methoxy groups -OCH3 is 2. The molecule has 1 aliphatic carbocycles. The number of hydrogen-bond donors (Lipinski definition) is 2. The van der Waals surface area contributed by atoms with E-state index >= 15 is 0 Å². The van der Waals surface area contributed by atoms with Gasteiger partial charge < -0.3 is 34.1 Å². The summed E-state index contributed by atoms with van der Waals surface area (Å²) in [5.41, 5.74) is 1.67. The summed E-state index contributed by atoms with van der Waals surface area (Å²) in [7, 11) is 3.12. The molecule has 0 bridgehead atoms. The molecule has 1 aromatic heterocycles. The lowest BCUT2D eigenvalue weighted by Gasteiger charge is -2.20. The fraction of sp³-hybridized carbons (Fsp3) is 0.455. The Morgan fingerprint density at radius 2 is 1.33 bits per heavy atom. The van der Waals surface area contributed by atoms with Crippen molar-refractivity contribution in [1.82, 2.24) is 4.90 Å². The van der Waals surface area contributed by atoms with Gasteiger partial charge in [-0.15, -0.1) is 11.3 Å². The zero-order valence-electron chi connectivity index (χ0n) is 25.7. The third kappa shape index (κ3) is 7.16. The number of ether oxygens (including phenoxy) is 4. The zero-order chi connectivity index (χ0) is 32.5. The lowest BCUT2D eigenvalue weighted by Crippen LogP contribution is -2.28. The summed E-state index contributed by atoms with van der Waals surface area (Å²) in [5, 5.41) is 19.1. The van der Waals surface area contributed by atoms with Crippen LogP contribution in [0.25, 0.3) is 10.1 Å². The smallest absolute Gasteiger partial charge is 0.306 e. The molecule has 11 nitrogen and oxygen atoms in total. The Morgan fingerprint density at radius 3 is 1.89 bits per heavy atom. The van der Waals surface area contributed by atoms with Gasteiger partial charge in [0.05, 0.1) is 44.1 Å². The first-order valence-electron chi connectivity index (χ1n) is 14.8. The van der Waals surface area contributed by atoms with Crippen LogP contribution in [-0.4, -0.2) is 66.2 Å². The molecule has 240 valence electrons. The van der Waals surface area contributed by atoms with Crippen LogP contribution >= 0.6 is 11.3 Å².